The van der Waals surface area contributed by atoms with Gasteiger partial charge in [0, 0.05) is 17.2 Å². The maximum absolute atomic E-state index is 13.7. The van der Waals surface area contributed by atoms with Crippen LogP contribution in [0.5, 0.6) is 0 Å². The Hall–Kier alpha value is -3.13. The smallest absolute Gasteiger partial charge is 0.262 e. The van der Waals surface area contributed by atoms with Crippen LogP contribution in [0, 0.1) is 10.1 Å². The van der Waals surface area contributed by atoms with Gasteiger partial charge in [0.15, 0.2) is 0 Å². The van der Waals surface area contributed by atoms with Crippen LogP contribution in [0.25, 0.3) is 10.8 Å². The van der Waals surface area contributed by atoms with Crippen molar-refractivity contribution in [1.82, 2.24) is 0 Å². The molecule has 0 bridgehead atoms. The van der Waals surface area contributed by atoms with Crippen molar-refractivity contribution in [3.8, 4) is 0 Å². The molecule has 0 N–H and O–H groups in total. The second kappa shape index (κ2) is 8.78. The number of sulfonamides is 1. The molecule has 4 aromatic rings. The number of nitrogens with zero attached hydrogens (tertiary/aromatic N) is 2. The van der Waals surface area contributed by atoms with Crippen LogP contribution in [0.3, 0.4) is 0 Å². The number of nitro groups is 1. The fourth-order valence-corrected chi connectivity index (χ4v) is 5.50. The molecule has 162 valence electrons. The Bertz CT molecular complexity index is 1420. The Balaban J connectivity index is 1.89. The summed E-state index contributed by atoms with van der Waals surface area (Å²) in [7, 11) is -4.27. The van der Waals surface area contributed by atoms with Gasteiger partial charge in [0.05, 0.1) is 22.2 Å². The number of nitro benzene ring substituents is 1. The van der Waals surface area contributed by atoms with Gasteiger partial charge in [-0.05, 0) is 46.7 Å². The number of non-ortho nitro benzene ring substituents is 1. The van der Waals surface area contributed by atoms with Crippen LogP contribution in [-0.2, 0) is 16.6 Å². The molecule has 9 heteroatoms. The summed E-state index contributed by atoms with van der Waals surface area (Å²) < 4.78 is 28.7. The molecule has 32 heavy (non-hydrogen) atoms. The van der Waals surface area contributed by atoms with Crippen molar-refractivity contribution < 1.29 is 13.3 Å². The van der Waals surface area contributed by atoms with E-state index < -0.39 is 14.9 Å². The molecule has 0 spiro atoms. The van der Waals surface area contributed by atoms with E-state index in [9.17, 15) is 18.5 Å². The van der Waals surface area contributed by atoms with Gasteiger partial charge in [-0.1, -0.05) is 65.7 Å². The van der Waals surface area contributed by atoms with Gasteiger partial charge in [0.25, 0.3) is 15.7 Å². The number of benzene rings is 4. The second-order valence-electron chi connectivity index (χ2n) is 7.00. The predicted molar refractivity (Wildman–Crippen MR) is 127 cm³/mol. The molecule has 0 radical (unpaired) electrons. The van der Waals surface area contributed by atoms with Crippen LogP contribution in [-0.4, -0.2) is 13.3 Å². The third-order valence-electron chi connectivity index (χ3n) is 5.00. The molecule has 0 unspecified atom stereocenters. The summed E-state index contributed by atoms with van der Waals surface area (Å²) in [6.45, 7) is -0.00958. The quantitative estimate of drug-likeness (QED) is 0.231. The minimum absolute atomic E-state index is 0.00958. The Labute approximate surface area is 194 Å². The molecule has 0 aliphatic heterocycles. The number of anilines is 1. The van der Waals surface area contributed by atoms with Crippen LogP contribution in [0.1, 0.15) is 5.56 Å². The zero-order chi connectivity index (χ0) is 22.9. The monoisotopic (exact) mass is 486 g/mol. The fraction of sp³-hybridized carbons (Fsp3) is 0.0435. The van der Waals surface area contributed by atoms with Gasteiger partial charge in [-0.2, -0.15) is 0 Å². The fourth-order valence-electron chi connectivity index (χ4n) is 3.43. The van der Waals surface area contributed by atoms with E-state index >= 15 is 0 Å². The lowest BCUT2D eigenvalue weighted by Crippen LogP contribution is -2.31. The number of hydrogen-bond donors (Lipinski definition) is 0. The first-order chi connectivity index (χ1) is 15.3. The molecule has 0 aliphatic rings. The van der Waals surface area contributed by atoms with Crippen molar-refractivity contribution in [3.05, 3.63) is 111 Å². The highest BCUT2D eigenvalue weighted by Gasteiger charge is 2.29. The molecule has 6 nitrogen and oxygen atoms in total. The van der Waals surface area contributed by atoms with E-state index in [1.807, 2.05) is 42.5 Å². The summed E-state index contributed by atoms with van der Waals surface area (Å²) in [4.78, 5) is 10.2. The van der Waals surface area contributed by atoms with Gasteiger partial charge in [0.2, 0.25) is 0 Å². The molecular weight excluding hydrogens is 471 g/mol. The molecule has 0 fully saturated rings. The Kier molecular flexibility index (Phi) is 6.06. The molecule has 0 aromatic heterocycles. The molecule has 0 aliphatic carbocycles. The van der Waals surface area contributed by atoms with Crippen LogP contribution in [0.4, 0.5) is 11.4 Å². The third kappa shape index (κ3) is 4.27. The molecule has 0 heterocycles. The highest BCUT2D eigenvalue weighted by Crippen LogP contribution is 2.34. The zero-order valence-electron chi connectivity index (χ0n) is 16.5. The lowest BCUT2D eigenvalue weighted by Gasteiger charge is -2.26. The highest BCUT2D eigenvalue weighted by atomic mass is 35.5. The van der Waals surface area contributed by atoms with E-state index in [0.29, 0.717) is 10.7 Å². The van der Waals surface area contributed by atoms with E-state index in [-0.39, 0.29) is 22.2 Å². The molecule has 4 aromatic carbocycles. The zero-order valence-corrected chi connectivity index (χ0v) is 18.8. The predicted octanol–water partition coefficient (Wildman–Crippen LogP) is 6.45. The van der Waals surface area contributed by atoms with Crippen LogP contribution >= 0.6 is 23.2 Å². The summed E-state index contributed by atoms with van der Waals surface area (Å²) in [5, 5.41) is 13.5. The number of halogens is 2. The van der Waals surface area contributed by atoms with Crippen molar-refractivity contribution >= 4 is 55.4 Å². The summed E-state index contributed by atoms with van der Waals surface area (Å²) in [5.74, 6) is 0. The third-order valence-corrected chi connectivity index (χ3v) is 7.51. The highest BCUT2D eigenvalue weighted by molar-refractivity contribution is 7.93. The molecule has 0 saturated heterocycles. The van der Waals surface area contributed by atoms with Gasteiger partial charge in [-0.3, -0.25) is 14.4 Å². The lowest BCUT2D eigenvalue weighted by molar-refractivity contribution is -0.385. The minimum atomic E-state index is -4.27. The van der Waals surface area contributed by atoms with E-state index in [0.717, 1.165) is 22.4 Å². The van der Waals surface area contributed by atoms with Crippen molar-refractivity contribution in [1.29, 1.82) is 0 Å². The van der Waals surface area contributed by atoms with Gasteiger partial charge in [0.1, 0.15) is 4.90 Å². The average Bonchev–Trinajstić information content (AvgIpc) is 2.78. The molecule has 0 atom stereocenters. The van der Waals surface area contributed by atoms with E-state index in [1.54, 1.807) is 24.3 Å². The van der Waals surface area contributed by atoms with Crippen LogP contribution in [0.15, 0.2) is 89.8 Å². The summed E-state index contributed by atoms with van der Waals surface area (Å²) >= 11 is 12.2. The summed E-state index contributed by atoms with van der Waals surface area (Å²) in [5.41, 5.74) is 0.752. The maximum Gasteiger partial charge on any atom is 0.270 e. The standard InChI is InChI=1S/C23H16Cl2N2O4S/c24-18-8-10-19(11-9-18)26(15-17-6-3-5-16-4-1-2-7-21(16)17)32(30,31)23-14-20(27(28)29)12-13-22(23)25/h1-14H,15H2. The average molecular weight is 487 g/mol. The molecule has 4 rings (SSSR count). The number of rotatable bonds is 6. The van der Waals surface area contributed by atoms with Crippen LogP contribution in [0.2, 0.25) is 10.0 Å². The Morgan fingerprint density at radius 2 is 1.56 bits per heavy atom. The first-order valence-electron chi connectivity index (χ1n) is 9.46. The van der Waals surface area contributed by atoms with Gasteiger partial charge < -0.3 is 0 Å². The first-order valence-corrected chi connectivity index (χ1v) is 11.7. The molecule has 0 amide bonds. The van der Waals surface area contributed by atoms with Gasteiger partial charge >= 0.3 is 0 Å². The number of fused-ring (bicyclic) bond motifs is 1. The van der Waals surface area contributed by atoms with E-state index in [4.69, 9.17) is 23.2 Å². The summed E-state index contributed by atoms with van der Waals surface area (Å²) in [6.07, 6.45) is 0. The van der Waals surface area contributed by atoms with Gasteiger partial charge in [-0.15, -0.1) is 0 Å². The van der Waals surface area contributed by atoms with Crippen LogP contribution < -0.4 is 4.31 Å². The Morgan fingerprint density at radius 1 is 0.875 bits per heavy atom. The molecular formula is C23H16Cl2N2O4S. The second-order valence-corrected chi connectivity index (χ2v) is 9.67. The molecule has 0 saturated carbocycles. The van der Waals surface area contributed by atoms with Crippen molar-refractivity contribution in [2.24, 2.45) is 0 Å². The van der Waals surface area contributed by atoms with Crippen molar-refractivity contribution in [2.45, 2.75) is 11.4 Å². The van der Waals surface area contributed by atoms with Crippen molar-refractivity contribution in [2.75, 3.05) is 4.31 Å². The Morgan fingerprint density at radius 3 is 2.28 bits per heavy atom. The first kappa shape index (κ1) is 22.1. The summed E-state index contributed by atoms with van der Waals surface area (Å²) in [6, 6.07) is 23.0. The van der Waals surface area contributed by atoms with E-state index in [1.165, 1.54) is 16.4 Å². The topological polar surface area (TPSA) is 80.5 Å². The van der Waals surface area contributed by atoms with E-state index in [2.05, 4.69) is 0 Å². The SMILES string of the molecule is O=[N+]([O-])c1ccc(Cl)c(S(=O)(=O)N(Cc2cccc3ccccc23)c2ccc(Cl)cc2)c1. The maximum atomic E-state index is 13.7. The minimum Gasteiger partial charge on any atom is -0.262 e. The van der Waals surface area contributed by atoms with Gasteiger partial charge in [-0.25, -0.2) is 8.42 Å². The largest absolute Gasteiger partial charge is 0.270 e. The number of hydrogen-bond acceptors (Lipinski definition) is 4. The normalized spacial score (nSPS) is 11.4. The lowest BCUT2D eigenvalue weighted by atomic mass is 10.0. The van der Waals surface area contributed by atoms with Crippen molar-refractivity contribution in [3.63, 3.8) is 0 Å².